The molecule has 0 bridgehead atoms. The van der Waals surface area contributed by atoms with Crippen LogP contribution in [0.4, 0.5) is 4.79 Å². The quantitative estimate of drug-likeness (QED) is 0.669. The van der Waals surface area contributed by atoms with Gasteiger partial charge in [-0.05, 0) is 33.6 Å². The smallest absolute Gasteiger partial charge is 0.424 e. The Balaban J connectivity index is 2.17. The van der Waals surface area contributed by atoms with Crippen LogP contribution in [0.2, 0.25) is 0 Å². The fourth-order valence-corrected chi connectivity index (χ4v) is 3.22. The van der Waals surface area contributed by atoms with Gasteiger partial charge in [-0.25, -0.2) is 9.00 Å². The zero-order valence-corrected chi connectivity index (χ0v) is 11.7. The van der Waals surface area contributed by atoms with Gasteiger partial charge in [0.1, 0.15) is 5.60 Å². The zero-order chi connectivity index (χ0) is 13.4. The molecule has 7 heteroatoms. The summed E-state index contributed by atoms with van der Waals surface area (Å²) < 4.78 is 28.8. The van der Waals surface area contributed by atoms with Crippen molar-refractivity contribution < 1.29 is 22.7 Å². The normalized spacial score (nSPS) is 27.5. The van der Waals surface area contributed by atoms with Crippen LogP contribution in [-0.4, -0.2) is 45.6 Å². The number of carbonyl (C=O) groups excluding carboxylic acids is 1. The molecule has 2 aliphatic heterocycles. The third-order valence-corrected chi connectivity index (χ3v) is 4.15. The Morgan fingerprint density at radius 3 is 2.50 bits per heavy atom. The summed E-state index contributed by atoms with van der Waals surface area (Å²) in [5.41, 5.74) is -1.15. The fraction of sp³-hybridized carbons (Fsp3) is 0.909. The minimum Gasteiger partial charge on any atom is -0.443 e. The summed E-state index contributed by atoms with van der Waals surface area (Å²) in [7, 11) is 0. The number of amides is 1. The number of carbonyl (C=O) groups is 1. The third-order valence-electron chi connectivity index (χ3n) is 2.99. The maximum absolute atomic E-state index is 12.1. The summed E-state index contributed by atoms with van der Waals surface area (Å²) in [5.74, 6) is 0. The van der Waals surface area contributed by atoms with Crippen molar-refractivity contribution in [1.29, 1.82) is 0 Å². The van der Waals surface area contributed by atoms with Crippen LogP contribution in [-0.2, 0) is 24.9 Å². The average Bonchev–Trinajstić information content (AvgIpc) is 2.54. The third kappa shape index (κ3) is 2.67. The molecule has 18 heavy (non-hydrogen) atoms. The van der Waals surface area contributed by atoms with Gasteiger partial charge in [-0.1, -0.05) is 0 Å². The number of nitrogens with zero attached hydrogens (tertiary/aromatic N) is 1. The Morgan fingerprint density at radius 2 is 1.94 bits per heavy atom. The van der Waals surface area contributed by atoms with Gasteiger partial charge >= 0.3 is 6.09 Å². The summed E-state index contributed by atoms with van der Waals surface area (Å²) >= 11 is -1.76. The van der Waals surface area contributed by atoms with Gasteiger partial charge in [0, 0.05) is 13.2 Å². The topological polar surface area (TPSA) is 65.1 Å². The molecule has 0 aromatic carbocycles. The molecule has 1 amide bonds. The summed E-state index contributed by atoms with van der Waals surface area (Å²) in [6.07, 6.45) is 0.663. The van der Waals surface area contributed by atoms with Gasteiger partial charge in [0.05, 0.1) is 12.1 Å². The van der Waals surface area contributed by atoms with E-state index in [9.17, 15) is 9.00 Å². The SMILES string of the molecule is CC(C)(C)OC(=O)N1S(=O)OCC12CCOCC2. The van der Waals surface area contributed by atoms with Crippen molar-refractivity contribution in [2.75, 3.05) is 19.8 Å². The lowest BCUT2D eigenvalue weighted by Gasteiger charge is -2.37. The van der Waals surface area contributed by atoms with Crippen molar-refractivity contribution in [2.24, 2.45) is 0 Å². The molecular weight excluding hydrogens is 258 g/mol. The molecule has 2 aliphatic rings. The number of hydrogen-bond donors (Lipinski definition) is 0. The van der Waals surface area contributed by atoms with Crippen molar-refractivity contribution in [3.63, 3.8) is 0 Å². The Morgan fingerprint density at radius 1 is 1.33 bits per heavy atom. The molecule has 0 aliphatic carbocycles. The van der Waals surface area contributed by atoms with Crippen LogP contribution in [0.1, 0.15) is 33.6 Å². The molecule has 2 heterocycles. The number of hydrogen-bond acceptors (Lipinski definition) is 5. The summed E-state index contributed by atoms with van der Waals surface area (Å²) in [6, 6.07) is 0. The minimum absolute atomic E-state index is 0.280. The van der Waals surface area contributed by atoms with E-state index in [4.69, 9.17) is 13.7 Å². The predicted octanol–water partition coefficient (Wildman–Crippen LogP) is 1.38. The summed E-state index contributed by atoms with van der Waals surface area (Å²) in [5, 5.41) is 0. The molecule has 1 unspecified atom stereocenters. The van der Waals surface area contributed by atoms with Crippen LogP contribution >= 0.6 is 0 Å². The van der Waals surface area contributed by atoms with Crippen LogP contribution in [0.3, 0.4) is 0 Å². The first-order valence-electron chi connectivity index (χ1n) is 6.00. The molecule has 2 saturated heterocycles. The predicted molar refractivity (Wildman–Crippen MR) is 65.0 cm³/mol. The molecule has 1 atom stereocenters. The zero-order valence-electron chi connectivity index (χ0n) is 10.9. The molecule has 2 fully saturated rings. The summed E-state index contributed by atoms with van der Waals surface area (Å²) in [4.78, 5) is 12.1. The lowest BCUT2D eigenvalue weighted by Crippen LogP contribution is -2.53. The molecule has 0 saturated carbocycles. The van der Waals surface area contributed by atoms with E-state index in [0.717, 1.165) is 0 Å². The van der Waals surface area contributed by atoms with Crippen LogP contribution in [0.15, 0.2) is 0 Å². The van der Waals surface area contributed by atoms with E-state index >= 15 is 0 Å². The Labute approximate surface area is 109 Å². The molecule has 2 rings (SSSR count). The van der Waals surface area contributed by atoms with Gasteiger partial charge in [0.2, 0.25) is 0 Å². The Kier molecular flexibility index (Phi) is 3.66. The second kappa shape index (κ2) is 4.79. The second-order valence-corrected chi connectivity index (χ2v) is 6.63. The van der Waals surface area contributed by atoms with Crippen molar-refractivity contribution in [3.8, 4) is 0 Å². The van der Waals surface area contributed by atoms with E-state index in [1.807, 2.05) is 0 Å². The van der Waals surface area contributed by atoms with Crippen LogP contribution < -0.4 is 0 Å². The van der Waals surface area contributed by atoms with Crippen molar-refractivity contribution >= 4 is 17.4 Å². The van der Waals surface area contributed by atoms with E-state index < -0.39 is 28.5 Å². The number of rotatable bonds is 0. The Hall–Kier alpha value is -0.660. The molecule has 6 nitrogen and oxygen atoms in total. The van der Waals surface area contributed by atoms with Crippen molar-refractivity contribution in [2.45, 2.75) is 44.8 Å². The Bertz CT molecular complexity index is 359. The molecule has 0 N–H and O–H groups in total. The van der Waals surface area contributed by atoms with E-state index in [-0.39, 0.29) is 6.61 Å². The molecule has 0 aromatic heterocycles. The monoisotopic (exact) mass is 277 g/mol. The maximum atomic E-state index is 12.1. The van der Waals surface area contributed by atoms with Gasteiger partial charge in [-0.2, -0.15) is 4.31 Å². The van der Waals surface area contributed by atoms with Crippen molar-refractivity contribution in [1.82, 2.24) is 4.31 Å². The van der Waals surface area contributed by atoms with Gasteiger partial charge in [0.15, 0.2) is 0 Å². The molecule has 104 valence electrons. The van der Waals surface area contributed by atoms with Crippen LogP contribution in [0.25, 0.3) is 0 Å². The van der Waals surface area contributed by atoms with E-state index in [2.05, 4.69) is 0 Å². The minimum atomic E-state index is -1.76. The van der Waals surface area contributed by atoms with Gasteiger partial charge < -0.3 is 9.47 Å². The number of ether oxygens (including phenoxy) is 2. The van der Waals surface area contributed by atoms with E-state index in [1.165, 1.54) is 4.31 Å². The van der Waals surface area contributed by atoms with Gasteiger partial charge in [-0.15, -0.1) is 0 Å². The van der Waals surface area contributed by atoms with Crippen LogP contribution in [0, 0.1) is 0 Å². The lowest BCUT2D eigenvalue weighted by molar-refractivity contribution is -0.0126. The highest BCUT2D eigenvalue weighted by Crippen LogP contribution is 2.36. The van der Waals surface area contributed by atoms with Gasteiger partial charge in [0.25, 0.3) is 11.3 Å². The van der Waals surface area contributed by atoms with Gasteiger partial charge in [-0.3, -0.25) is 4.18 Å². The average molecular weight is 277 g/mol. The molecule has 1 spiro atoms. The van der Waals surface area contributed by atoms with Crippen molar-refractivity contribution in [3.05, 3.63) is 0 Å². The molecular formula is C11H19NO5S. The summed E-state index contributed by atoms with van der Waals surface area (Å²) in [6.45, 7) is 6.70. The highest BCUT2D eigenvalue weighted by Gasteiger charge is 2.52. The first-order valence-corrected chi connectivity index (χ1v) is 7.03. The van der Waals surface area contributed by atoms with E-state index in [0.29, 0.717) is 26.1 Å². The van der Waals surface area contributed by atoms with Crippen LogP contribution in [0.5, 0.6) is 0 Å². The highest BCUT2D eigenvalue weighted by atomic mass is 32.2. The fourth-order valence-electron chi connectivity index (χ4n) is 2.09. The first kappa shape index (κ1) is 13.8. The maximum Gasteiger partial charge on any atom is 0.424 e. The largest absolute Gasteiger partial charge is 0.443 e. The lowest BCUT2D eigenvalue weighted by atomic mass is 9.91. The van der Waals surface area contributed by atoms with E-state index in [1.54, 1.807) is 20.8 Å². The second-order valence-electron chi connectivity index (χ2n) is 5.59. The first-order chi connectivity index (χ1) is 8.34. The standard InChI is InChI=1S/C11H19NO5S/c1-10(2,3)17-9(13)12-11(8-16-18(12)14)4-6-15-7-5-11/h4-8H2,1-3H3. The molecule has 0 radical (unpaired) electrons. The molecule has 0 aromatic rings. The highest BCUT2D eigenvalue weighted by molar-refractivity contribution is 7.78.